The van der Waals surface area contributed by atoms with E-state index in [2.05, 4.69) is 25.4 Å². The van der Waals surface area contributed by atoms with Crippen LogP contribution in [0.4, 0.5) is 5.69 Å². The van der Waals surface area contributed by atoms with Gasteiger partial charge in [0.05, 0.1) is 6.57 Å². The second kappa shape index (κ2) is 6.40. The monoisotopic (exact) mass is 259 g/mol. The van der Waals surface area contributed by atoms with Gasteiger partial charge < -0.3 is 0 Å². The third-order valence-electron chi connectivity index (χ3n) is 1.07. The van der Waals surface area contributed by atoms with Gasteiger partial charge in [-0.2, -0.15) is 24.6 Å². The molecule has 0 bridgehead atoms. The number of hydrogen-bond donors (Lipinski definition) is 0. The van der Waals surface area contributed by atoms with Crippen molar-refractivity contribution in [1.82, 2.24) is 0 Å². The van der Waals surface area contributed by atoms with Crippen LogP contribution in [0.5, 0.6) is 0 Å². The molecular formula is C8H6BrNZn. The molecule has 0 saturated heterocycles. The van der Waals surface area contributed by atoms with Gasteiger partial charge in [0.2, 0.25) is 0 Å². The van der Waals surface area contributed by atoms with E-state index in [1.54, 1.807) is 12.1 Å². The van der Waals surface area contributed by atoms with Crippen LogP contribution in [0.25, 0.3) is 4.85 Å². The second-order valence-corrected chi connectivity index (χ2v) is 1.78. The summed E-state index contributed by atoms with van der Waals surface area (Å²) in [6, 6.07) is 7.17. The molecule has 0 heterocycles. The Morgan fingerprint density at radius 1 is 1.27 bits per heavy atom. The molecule has 0 aliphatic carbocycles. The predicted molar refractivity (Wildman–Crippen MR) is 46.1 cm³/mol. The molecular weight excluding hydrogens is 255 g/mol. The first-order valence-corrected chi connectivity index (χ1v) is 9.84. The van der Waals surface area contributed by atoms with Gasteiger partial charge in [0.25, 0.3) is 0 Å². The first-order valence-electron chi connectivity index (χ1n) is 2.89. The molecule has 3 heteroatoms. The summed E-state index contributed by atoms with van der Waals surface area (Å²) in [6.07, 6.45) is 0. The Balaban J connectivity index is 0.000000461. The van der Waals surface area contributed by atoms with Crippen LogP contribution in [0.2, 0.25) is 0 Å². The van der Waals surface area contributed by atoms with E-state index in [0.717, 1.165) is 5.56 Å². The summed E-state index contributed by atoms with van der Waals surface area (Å²) in [7, 11) is 0. The van der Waals surface area contributed by atoms with Crippen molar-refractivity contribution in [3.63, 3.8) is 0 Å². The van der Waals surface area contributed by atoms with Crippen molar-refractivity contribution in [3.05, 3.63) is 48.2 Å². The Morgan fingerprint density at radius 2 is 1.73 bits per heavy atom. The van der Waals surface area contributed by atoms with Gasteiger partial charge in [0, 0.05) is 0 Å². The Morgan fingerprint density at radius 3 is 2.09 bits per heavy atom. The van der Waals surface area contributed by atoms with E-state index in [9.17, 15) is 0 Å². The zero-order chi connectivity index (χ0) is 8.69. The zero-order valence-electron chi connectivity index (χ0n) is 6.05. The van der Waals surface area contributed by atoms with Gasteiger partial charge in [-0.25, -0.2) is 4.85 Å². The third-order valence-corrected chi connectivity index (χ3v) is 1.07. The summed E-state index contributed by atoms with van der Waals surface area (Å²) in [5.74, 6) is 0. The number of benzene rings is 1. The molecule has 0 amide bonds. The van der Waals surface area contributed by atoms with Crippen LogP contribution in [0.1, 0.15) is 5.56 Å². The van der Waals surface area contributed by atoms with Crippen LogP contribution in [-0.4, -0.2) is 0 Å². The van der Waals surface area contributed by atoms with Crippen molar-refractivity contribution in [2.24, 2.45) is 0 Å². The molecule has 0 radical (unpaired) electrons. The maximum absolute atomic E-state index is 6.62. The Labute approximate surface area is 83.7 Å². The topological polar surface area (TPSA) is 4.36 Å². The first kappa shape index (κ1) is 10.7. The van der Waals surface area contributed by atoms with E-state index >= 15 is 0 Å². The van der Waals surface area contributed by atoms with E-state index in [0.29, 0.717) is 5.69 Å². The molecule has 1 aromatic rings. The van der Waals surface area contributed by atoms with Crippen molar-refractivity contribution in [2.45, 2.75) is 0 Å². The maximum atomic E-state index is 6.62. The first-order chi connectivity index (χ1) is 5.33. The average Bonchev–Trinajstić information content (AvgIpc) is 2.10. The van der Waals surface area contributed by atoms with Crippen LogP contribution in [0.15, 0.2) is 24.3 Å². The number of nitrogens with zero attached hydrogens (tertiary/aromatic N) is 1. The van der Waals surface area contributed by atoms with Gasteiger partial charge in [-0.1, -0.05) is 0 Å². The standard InChI is InChI=1S/C8H6N.BrH.Zn/c1-7-3-5-8(9-2)6-4-7;;/h3-6H,1H2;1H;/q-1;;+2/p-1. The van der Waals surface area contributed by atoms with E-state index in [1.165, 1.54) is 16.3 Å². The fourth-order valence-corrected chi connectivity index (χ4v) is 0.570. The quantitative estimate of drug-likeness (QED) is 0.499. The van der Waals surface area contributed by atoms with Crippen molar-refractivity contribution in [1.29, 1.82) is 0 Å². The second-order valence-electron chi connectivity index (χ2n) is 1.78. The van der Waals surface area contributed by atoms with Crippen LogP contribution >= 0.6 is 13.6 Å². The SMILES string of the molecule is [C-]#[N+]c1ccc([CH2-])cc1.[Zn+][Br]. The predicted octanol–water partition coefficient (Wildman–Crippen LogP) is 3.26. The van der Waals surface area contributed by atoms with E-state index in [4.69, 9.17) is 6.57 Å². The normalized spacial score (nSPS) is 7.45. The van der Waals surface area contributed by atoms with Gasteiger partial charge in [-0.15, -0.1) is 12.1 Å². The van der Waals surface area contributed by atoms with Gasteiger partial charge in [-0.05, 0) is 0 Å². The van der Waals surface area contributed by atoms with Gasteiger partial charge >= 0.3 is 30.0 Å². The molecule has 0 fully saturated rings. The molecule has 0 saturated carbocycles. The number of halogens is 1. The molecule has 0 N–H and O–H groups in total. The van der Waals surface area contributed by atoms with Crippen molar-refractivity contribution in [3.8, 4) is 0 Å². The summed E-state index contributed by atoms with van der Waals surface area (Å²) in [5, 5.41) is 0. The Hall–Kier alpha value is -0.317. The molecule has 1 nitrogen and oxygen atoms in total. The number of rotatable bonds is 0. The van der Waals surface area contributed by atoms with Gasteiger partial charge in [-0.3, -0.25) is 0 Å². The van der Waals surface area contributed by atoms with Crippen LogP contribution in [-0.2, 0) is 16.3 Å². The molecule has 0 spiro atoms. The van der Waals surface area contributed by atoms with Gasteiger partial charge in [0.15, 0.2) is 5.69 Å². The molecule has 11 heavy (non-hydrogen) atoms. The van der Waals surface area contributed by atoms with Crippen molar-refractivity contribution >= 4 is 19.3 Å². The third kappa shape index (κ3) is 4.19. The fraction of sp³-hybridized carbons (Fsp3) is 0. The molecule has 1 aromatic carbocycles. The summed E-state index contributed by atoms with van der Waals surface area (Å²) in [6.45, 7) is 10.3. The molecule has 52 valence electrons. The molecule has 0 unspecified atom stereocenters. The van der Waals surface area contributed by atoms with Crippen molar-refractivity contribution < 1.29 is 16.3 Å². The summed E-state index contributed by atoms with van der Waals surface area (Å²) >= 11 is 4.25. The summed E-state index contributed by atoms with van der Waals surface area (Å²) < 4.78 is 0. The fourth-order valence-electron chi connectivity index (χ4n) is 0.570. The summed E-state index contributed by atoms with van der Waals surface area (Å²) in [5.41, 5.74) is 1.62. The molecule has 1 rings (SSSR count). The summed E-state index contributed by atoms with van der Waals surface area (Å²) in [4.78, 5) is 3.23. The molecule has 0 aliphatic rings. The van der Waals surface area contributed by atoms with E-state index in [1.807, 2.05) is 12.1 Å². The average molecular weight is 261 g/mol. The van der Waals surface area contributed by atoms with Crippen LogP contribution < -0.4 is 0 Å². The number of hydrogen-bond acceptors (Lipinski definition) is 0. The minimum atomic E-state index is 0.669. The zero-order valence-corrected chi connectivity index (χ0v) is 10.6. The molecule has 0 aromatic heterocycles. The van der Waals surface area contributed by atoms with E-state index in [-0.39, 0.29) is 0 Å². The van der Waals surface area contributed by atoms with Crippen molar-refractivity contribution in [2.75, 3.05) is 0 Å². The van der Waals surface area contributed by atoms with Crippen LogP contribution in [0, 0.1) is 13.5 Å². The Bertz CT molecular complexity index is 237. The molecule has 0 atom stereocenters. The van der Waals surface area contributed by atoms with Gasteiger partial charge in [0.1, 0.15) is 0 Å². The minimum absolute atomic E-state index is 0.669. The van der Waals surface area contributed by atoms with E-state index < -0.39 is 0 Å². The van der Waals surface area contributed by atoms with Crippen LogP contribution in [0.3, 0.4) is 0 Å². The Kier molecular flexibility index (Phi) is 6.21. The molecule has 0 aliphatic heterocycles.